The van der Waals surface area contributed by atoms with Crippen molar-refractivity contribution in [3.05, 3.63) is 0 Å². The molecule has 0 amide bonds. The van der Waals surface area contributed by atoms with E-state index in [2.05, 4.69) is 0 Å². The van der Waals surface area contributed by atoms with E-state index in [1.54, 1.807) is 0 Å². The average molecular weight is 180 g/mol. The summed E-state index contributed by atoms with van der Waals surface area (Å²) in [7, 11) is 0. The summed E-state index contributed by atoms with van der Waals surface area (Å²) in [6.45, 7) is 0. The second-order valence-electron chi connectivity index (χ2n) is 0. The van der Waals surface area contributed by atoms with Crippen LogP contribution in [0.5, 0.6) is 0 Å². The molecule has 37 valence electrons. The van der Waals surface area contributed by atoms with Crippen LogP contribution in [0.2, 0.25) is 0 Å². The zero-order valence-corrected chi connectivity index (χ0v) is 5.74. The summed E-state index contributed by atoms with van der Waals surface area (Å²) in [4.78, 5) is 0. The summed E-state index contributed by atoms with van der Waals surface area (Å²) in [6, 6.07) is 0. The zero-order valence-electron chi connectivity index (χ0n) is 2.01. The standard InChI is InChI=1S/3ClH.Cr.FH/h3*1H;;1H/q;;;+1;/p-1. The maximum atomic E-state index is 9.38. The van der Waals surface area contributed by atoms with Gasteiger partial charge in [-0.3, -0.25) is 0 Å². The Morgan fingerprint density at radius 1 is 0.800 bits per heavy atom. The summed E-state index contributed by atoms with van der Waals surface area (Å²) >= 11 is 1.12. The van der Waals surface area contributed by atoms with Gasteiger partial charge in [-0.15, -0.1) is 37.2 Å². The Kier molecular flexibility index (Phi) is 373. The Hall–Kier alpha value is 1.33. The molecular weight excluding hydrogens is 177 g/mol. The van der Waals surface area contributed by atoms with Gasteiger partial charge in [-0.1, -0.05) is 0 Å². The van der Waals surface area contributed by atoms with Crippen molar-refractivity contribution in [3.63, 3.8) is 0 Å². The molecule has 0 aliphatic carbocycles. The van der Waals surface area contributed by atoms with Crippen LogP contribution in [0.4, 0.5) is 3.52 Å². The fraction of sp³-hybridized carbons (Fsp3) is 0. The van der Waals surface area contributed by atoms with E-state index in [1.165, 1.54) is 0 Å². The molecule has 0 aromatic carbocycles. The van der Waals surface area contributed by atoms with E-state index >= 15 is 0 Å². The summed E-state index contributed by atoms with van der Waals surface area (Å²) in [5, 5.41) is 0. The summed E-state index contributed by atoms with van der Waals surface area (Å²) in [5.74, 6) is 0. The van der Waals surface area contributed by atoms with E-state index in [9.17, 15) is 3.52 Å². The molecule has 5 heavy (non-hydrogen) atoms. The number of hydrogen-bond donors (Lipinski definition) is 0. The molecule has 0 bridgehead atoms. The Labute approximate surface area is 57.6 Å². The van der Waals surface area contributed by atoms with Crippen LogP contribution in [0, 0.1) is 0 Å². The van der Waals surface area contributed by atoms with Gasteiger partial charge in [0.05, 0.1) is 0 Å². The molecule has 0 radical (unpaired) electrons. The van der Waals surface area contributed by atoms with E-state index < -0.39 is 0 Å². The molecule has 0 fully saturated rings. The van der Waals surface area contributed by atoms with Gasteiger partial charge in [0, 0.05) is 0 Å². The van der Waals surface area contributed by atoms with Crippen molar-refractivity contribution < 1.29 is 20.3 Å². The molecule has 5 heteroatoms. The van der Waals surface area contributed by atoms with Crippen LogP contribution in [-0.4, -0.2) is 0 Å². The zero-order chi connectivity index (χ0) is 2.00. The van der Waals surface area contributed by atoms with Crippen LogP contribution >= 0.6 is 37.2 Å². The SMILES string of the molecule is Cl.Cl.Cl.[F][Cr]. The van der Waals surface area contributed by atoms with E-state index in [1.807, 2.05) is 0 Å². The third-order valence-electron chi connectivity index (χ3n) is 0. The molecule has 0 aromatic rings. The van der Waals surface area contributed by atoms with Gasteiger partial charge in [0.1, 0.15) is 0 Å². The Morgan fingerprint density at radius 3 is 0.800 bits per heavy atom. The van der Waals surface area contributed by atoms with Crippen molar-refractivity contribution in [1.29, 1.82) is 0 Å². The first-order valence-electron chi connectivity index (χ1n) is 0.154. The molecule has 0 aliphatic rings. The maximum absolute atomic E-state index is 9.38. The van der Waals surface area contributed by atoms with Gasteiger partial charge in [0.15, 0.2) is 0 Å². The van der Waals surface area contributed by atoms with Crippen LogP contribution in [0.1, 0.15) is 0 Å². The van der Waals surface area contributed by atoms with Gasteiger partial charge in [-0.05, 0) is 0 Å². The molecule has 0 aromatic heterocycles. The van der Waals surface area contributed by atoms with Crippen LogP contribution in [0.15, 0.2) is 0 Å². The topological polar surface area (TPSA) is 0 Å². The van der Waals surface area contributed by atoms with Crippen molar-refractivity contribution in [2.45, 2.75) is 0 Å². The predicted molar refractivity (Wildman–Crippen MR) is 22.9 cm³/mol. The fourth-order valence-electron chi connectivity index (χ4n) is 0. The average Bonchev–Trinajstić information content (AvgIpc) is 1.00. The molecule has 0 heterocycles. The number of rotatable bonds is 0. The van der Waals surface area contributed by atoms with Crippen molar-refractivity contribution >= 4 is 37.2 Å². The molecule has 0 unspecified atom stereocenters. The number of halogens is 4. The minimum atomic E-state index is 0. The second-order valence-corrected chi connectivity index (χ2v) is 0. The van der Waals surface area contributed by atoms with E-state index in [0.29, 0.717) is 0 Å². The first kappa shape index (κ1) is 33.1. The molecule has 0 atom stereocenters. The number of hydrogen-bond acceptors (Lipinski definition) is 0. The van der Waals surface area contributed by atoms with E-state index in [-0.39, 0.29) is 37.2 Å². The van der Waals surface area contributed by atoms with Gasteiger partial charge in [0.25, 0.3) is 0 Å². The molecule has 0 spiro atoms. The summed E-state index contributed by atoms with van der Waals surface area (Å²) < 4.78 is 9.38. The Bertz CT molecular complexity index is 6.85. The van der Waals surface area contributed by atoms with Crippen molar-refractivity contribution in [2.75, 3.05) is 0 Å². The first-order chi connectivity index (χ1) is 1.00. The van der Waals surface area contributed by atoms with Crippen molar-refractivity contribution in [2.24, 2.45) is 0 Å². The van der Waals surface area contributed by atoms with Gasteiger partial charge in [-0.2, -0.15) is 0 Å². The van der Waals surface area contributed by atoms with Crippen molar-refractivity contribution in [1.82, 2.24) is 0 Å². The third-order valence-corrected chi connectivity index (χ3v) is 0. The Balaban J connectivity index is -0.00000000167. The third kappa shape index (κ3) is 33.4. The van der Waals surface area contributed by atoms with Gasteiger partial charge >= 0.3 is 20.3 Å². The monoisotopic (exact) mass is 179 g/mol. The van der Waals surface area contributed by atoms with Crippen LogP contribution < -0.4 is 0 Å². The second kappa shape index (κ2) is 56.4. The summed E-state index contributed by atoms with van der Waals surface area (Å²) in [5.41, 5.74) is 0. The van der Waals surface area contributed by atoms with Crippen LogP contribution in [0.25, 0.3) is 0 Å². The van der Waals surface area contributed by atoms with Gasteiger partial charge in [0.2, 0.25) is 0 Å². The molecular formula is H3Cl3CrF. The van der Waals surface area contributed by atoms with Gasteiger partial charge < -0.3 is 0 Å². The molecule has 0 saturated carbocycles. The van der Waals surface area contributed by atoms with E-state index in [4.69, 9.17) is 0 Å². The summed E-state index contributed by atoms with van der Waals surface area (Å²) in [6.07, 6.45) is 0. The minimum absolute atomic E-state index is 0. The molecule has 0 nitrogen and oxygen atoms in total. The predicted octanol–water partition coefficient (Wildman–Crippen LogP) is 1.68. The normalized spacial score (nSPS) is 1.00. The van der Waals surface area contributed by atoms with Crippen molar-refractivity contribution in [3.8, 4) is 0 Å². The van der Waals surface area contributed by atoms with Crippen LogP contribution in [-0.2, 0) is 16.7 Å². The molecule has 0 rings (SSSR count). The molecule has 0 saturated heterocycles. The Morgan fingerprint density at radius 2 is 0.800 bits per heavy atom. The molecule has 0 aliphatic heterocycles. The first-order valence-corrected chi connectivity index (χ1v) is 0.636. The van der Waals surface area contributed by atoms with E-state index in [0.717, 1.165) is 16.7 Å². The quantitative estimate of drug-likeness (QED) is 0.532. The van der Waals surface area contributed by atoms with Gasteiger partial charge in [-0.25, -0.2) is 0 Å². The fourth-order valence-corrected chi connectivity index (χ4v) is 0. The molecule has 0 N–H and O–H groups in total. The van der Waals surface area contributed by atoms with Crippen LogP contribution in [0.3, 0.4) is 0 Å².